The van der Waals surface area contributed by atoms with Crippen molar-refractivity contribution in [3.8, 4) is 0 Å². The van der Waals surface area contributed by atoms with Gasteiger partial charge in [0.15, 0.2) is 0 Å². The molecule has 0 amide bonds. The van der Waals surface area contributed by atoms with Crippen LogP contribution in [0.15, 0.2) is 0 Å². The van der Waals surface area contributed by atoms with Crippen molar-refractivity contribution in [2.45, 2.75) is 73.6 Å². The Morgan fingerprint density at radius 2 is 1.60 bits per heavy atom. The normalized spacial score (nSPS) is 38.8. The van der Waals surface area contributed by atoms with E-state index in [-0.39, 0.29) is 0 Å². The Kier molecular flexibility index (Phi) is 3.90. The molecule has 1 aliphatic rings. The summed E-state index contributed by atoms with van der Waals surface area (Å²) in [5.41, 5.74) is 1.16. The highest BCUT2D eigenvalue weighted by molar-refractivity contribution is 5.08. The van der Waals surface area contributed by atoms with Crippen molar-refractivity contribution in [1.29, 1.82) is 0 Å². The summed E-state index contributed by atoms with van der Waals surface area (Å²) in [4.78, 5) is 0. The first-order chi connectivity index (χ1) is 6.91. The maximum absolute atomic E-state index is 2.52. The molecule has 0 nitrogen and oxygen atoms in total. The van der Waals surface area contributed by atoms with E-state index in [1.54, 1.807) is 0 Å². The topological polar surface area (TPSA) is 0 Å². The lowest BCUT2D eigenvalue weighted by atomic mass is 9.38. The maximum atomic E-state index is 2.52. The predicted octanol–water partition coefficient (Wildman–Crippen LogP) is 5.28. The lowest BCUT2D eigenvalue weighted by Crippen LogP contribution is -2.60. The van der Waals surface area contributed by atoms with Crippen molar-refractivity contribution in [3.63, 3.8) is 0 Å². The second kappa shape index (κ2) is 4.47. The summed E-state index contributed by atoms with van der Waals surface area (Å²) in [7, 11) is 0. The highest BCUT2D eigenvalue weighted by atomic mass is 14.6. The van der Waals surface area contributed by atoms with Gasteiger partial charge in [-0.15, -0.1) is 0 Å². The Morgan fingerprint density at radius 3 is 2.00 bits per heavy atom. The molecule has 0 N–H and O–H groups in total. The van der Waals surface area contributed by atoms with Crippen LogP contribution >= 0.6 is 0 Å². The zero-order chi connectivity index (χ0) is 11.7. The minimum absolute atomic E-state index is 0.567. The zero-order valence-electron chi connectivity index (χ0n) is 11.7. The highest BCUT2D eigenvalue weighted by Gasteiger charge is 2.60. The van der Waals surface area contributed by atoms with Crippen LogP contribution in [0.4, 0.5) is 0 Å². The van der Waals surface area contributed by atoms with Gasteiger partial charge >= 0.3 is 0 Å². The molecular formula is C15H30. The molecule has 0 aromatic rings. The molecule has 0 saturated heterocycles. The van der Waals surface area contributed by atoms with E-state index < -0.39 is 0 Å². The van der Waals surface area contributed by atoms with Crippen LogP contribution in [-0.4, -0.2) is 0 Å². The summed E-state index contributed by atoms with van der Waals surface area (Å²) < 4.78 is 0. The Morgan fingerprint density at radius 1 is 1.00 bits per heavy atom. The van der Waals surface area contributed by atoms with Crippen LogP contribution in [0.1, 0.15) is 73.6 Å². The first-order valence-electron chi connectivity index (χ1n) is 6.91. The molecule has 0 aliphatic heterocycles. The van der Waals surface area contributed by atoms with Crippen molar-refractivity contribution in [3.05, 3.63) is 0 Å². The summed E-state index contributed by atoms with van der Waals surface area (Å²) in [6.07, 6.45) is 6.96. The third kappa shape index (κ3) is 1.85. The number of rotatable bonds is 5. The summed E-state index contributed by atoms with van der Waals surface area (Å²) in [6, 6.07) is 0. The molecule has 0 heterocycles. The van der Waals surface area contributed by atoms with Crippen LogP contribution in [0.2, 0.25) is 0 Å². The van der Waals surface area contributed by atoms with Gasteiger partial charge in [0.2, 0.25) is 0 Å². The summed E-state index contributed by atoms with van der Waals surface area (Å²) >= 11 is 0. The molecule has 1 saturated carbocycles. The van der Waals surface area contributed by atoms with Crippen LogP contribution in [0.25, 0.3) is 0 Å². The van der Waals surface area contributed by atoms with Crippen LogP contribution in [-0.2, 0) is 0 Å². The van der Waals surface area contributed by atoms with Crippen molar-refractivity contribution in [2.75, 3.05) is 0 Å². The van der Waals surface area contributed by atoms with E-state index in [1.807, 2.05) is 0 Å². The zero-order valence-corrected chi connectivity index (χ0v) is 11.7. The number of hydrogen-bond acceptors (Lipinski definition) is 0. The Bertz CT molecular complexity index is 204. The summed E-state index contributed by atoms with van der Waals surface area (Å²) in [5.74, 6) is 1.90. The third-order valence-corrected chi connectivity index (χ3v) is 5.65. The Labute approximate surface area is 96.8 Å². The van der Waals surface area contributed by atoms with Gasteiger partial charge in [0.05, 0.1) is 0 Å². The van der Waals surface area contributed by atoms with Crippen LogP contribution in [0.3, 0.4) is 0 Å². The summed E-state index contributed by atoms with van der Waals surface area (Å²) in [5, 5.41) is 0. The van der Waals surface area contributed by atoms with E-state index in [0.29, 0.717) is 10.8 Å². The average Bonchev–Trinajstić information content (AvgIpc) is 2.17. The van der Waals surface area contributed by atoms with Gasteiger partial charge in [-0.25, -0.2) is 0 Å². The van der Waals surface area contributed by atoms with E-state index in [4.69, 9.17) is 0 Å². The molecule has 3 atom stereocenters. The minimum Gasteiger partial charge on any atom is -0.0654 e. The van der Waals surface area contributed by atoms with E-state index >= 15 is 0 Å². The quantitative estimate of drug-likeness (QED) is 0.579. The second-order valence-electron chi connectivity index (χ2n) is 6.43. The molecule has 0 heteroatoms. The van der Waals surface area contributed by atoms with E-state index in [1.165, 1.54) is 32.1 Å². The number of hydrogen-bond donors (Lipinski definition) is 0. The second-order valence-corrected chi connectivity index (χ2v) is 6.43. The standard InChI is InChI=1S/C15H30/c1-7-9-10-13-12(3)15(6,11-8-2)14(13,4)5/h12-13H,7-11H2,1-6H3. The Hall–Kier alpha value is 0. The minimum atomic E-state index is 0.567. The van der Waals surface area contributed by atoms with Gasteiger partial charge in [-0.05, 0) is 35.5 Å². The fourth-order valence-electron chi connectivity index (χ4n) is 4.09. The monoisotopic (exact) mass is 210 g/mol. The van der Waals surface area contributed by atoms with Gasteiger partial charge in [0.1, 0.15) is 0 Å². The van der Waals surface area contributed by atoms with Gasteiger partial charge in [-0.3, -0.25) is 0 Å². The largest absolute Gasteiger partial charge is 0.0654 e. The van der Waals surface area contributed by atoms with E-state index in [2.05, 4.69) is 41.5 Å². The molecule has 0 radical (unpaired) electrons. The average molecular weight is 210 g/mol. The molecule has 15 heavy (non-hydrogen) atoms. The van der Waals surface area contributed by atoms with Gasteiger partial charge < -0.3 is 0 Å². The third-order valence-electron chi connectivity index (χ3n) is 5.65. The first kappa shape index (κ1) is 13.1. The van der Waals surface area contributed by atoms with Crippen LogP contribution in [0, 0.1) is 22.7 Å². The van der Waals surface area contributed by atoms with Gasteiger partial charge in [-0.2, -0.15) is 0 Å². The maximum Gasteiger partial charge on any atom is -0.0243 e. The molecule has 0 spiro atoms. The fourth-order valence-corrected chi connectivity index (χ4v) is 4.09. The van der Waals surface area contributed by atoms with Gasteiger partial charge in [-0.1, -0.05) is 60.8 Å². The Balaban J connectivity index is 2.66. The first-order valence-corrected chi connectivity index (χ1v) is 6.91. The SMILES string of the molecule is CCCCC1C(C)C(C)(CCC)C1(C)C. The van der Waals surface area contributed by atoms with Crippen molar-refractivity contribution in [2.24, 2.45) is 22.7 Å². The van der Waals surface area contributed by atoms with Crippen molar-refractivity contribution >= 4 is 0 Å². The molecule has 3 unspecified atom stereocenters. The molecule has 0 aromatic carbocycles. The molecule has 0 bridgehead atoms. The lowest BCUT2D eigenvalue weighted by molar-refractivity contribution is -0.178. The lowest BCUT2D eigenvalue weighted by Gasteiger charge is -2.66. The van der Waals surface area contributed by atoms with E-state index in [9.17, 15) is 0 Å². The molecule has 1 aliphatic carbocycles. The highest BCUT2D eigenvalue weighted by Crippen LogP contribution is 2.67. The fraction of sp³-hybridized carbons (Fsp3) is 1.00. The number of unbranched alkanes of at least 4 members (excludes halogenated alkanes) is 1. The molecule has 1 rings (SSSR count). The van der Waals surface area contributed by atoms with Crippen molar-refractivity contribution in [1.82, 2.24) is 0 Å². The van der Waals surface area contributed by atoms with Gasteiger partial charge in [0.25, 0.3) is 0 Å². The van der Waals surface area contributed by atoms with Crippen LogP contribution < -0.4 is 0 Å². The molecule has 0 aromatic heterocycles. The summed E-state index contributed by atoms with van der Waals surface area (Å²) in [6.45, 7) is 14.6. The van der Waals surface area contributed by atoms with E-state index in [0.717, 1.165) is 11.8 Å². The van der Waals surface area contributed by atoms with Crippen molar-refractivity contribution < 1.29 is 0 Å². The van der Waals surface area contributed by atoms with Gasteiger partial charge in [0, 0.05) is 0 Å². The smallest absolute Gasteiger partial charge is 0.0243 e. The molecule has 90 valence electrons. The molecular weight excluding hydrogens is 180 g/mol. The molecule has 1 fully saturated rings. The predicted molar refractivity (Wildman–Crippen MR) is 69.0 cm³/mol. The van der Waals surface area contributed by atoms with Crippen LogP contribution in [0.5, 0.6) is 0 Å².